The summed E-state index contributed by atoms with van der Waals surface area (Å²) in [6.07, 6.45) is -1.91. The zero-order valence-corrected chi connectivity index (χ0v) is 19.2. The first-order valence-electron chi connectivity index (χ1n) is 11.0. The van der Waals surface area contributed by atoms with E-state index in [4.69, 9.17) is 0 Å². The van der Waals surface area contributed by atoms with Crippen LogP contribution in [-0.4, -0.2) is 25.5 Å². The molecule has 35 heavy (non-hydrogen) atoms. The Morgan fingerprint density at radius 1 is 1.09 bits per heavy atom. The van der Waals surface area contributed by atoms with Gasteiger partial charge in [-0.05, 0) is 67.8 Å². The second kappa shape index (κ2) is 7.88. The highest BCUT2D eigenvalue weighted by molar-refractivity contribution is 7.21. The molecule has 1 amide bonds. The molecule has 2 aromatic carbocycles. The van der Waals surface area contributed by atoms with Crippen LogP contribution in [0.3, 0.4) is 0 Å². The lowest BCUT2D eigenvalue weighted by Crippen LogP contribution is -2.16. The van der Waals surface area contributed by atoms with Crippen molar-refractivity contribution < 1.29 is 18.0 Å². The Hall–Kier alpha value is -3.79. The number of carbonyl (C=O) groups is 1. The fourth-order valence-corrected chi connectivity index (χ4v) is 5.05. The Balaban J connectivity index is 1.28. The Kier molecular flexibility index (Phi) is 4.89. The van der Waals surface area contributed by atoms with Gasteiger partial charge in [-0.2, -0.15) is 18.3 Å². The number of aromatic nitrogens is 4. The molecule has 1 N–H and O–H groups in total. The molecule has 5 aromatic rings. The first-order valence-corrected chi connectivity index (χ1v) is 11.8. The number of nitrogens with zero attached hydrogens (tertiary/aromatic N) is 4. The summed E-state index contributed by atoms with van der Waals surface area (Å²) in [5, 5.41) is 7.42. The van der Waals surface area contributed by atoms with Crippen LogP contribution in [0.15, 0.2) is 54.7 Å². The third-order valence-corrected chi connectivity index (χ3v) is 7.02. The minimum atomic E-state index is -4.61. The van der Waals surface area contributed by atoms with Gasteiger partial charge in [0.25, 0.3) is 5.91 Å². The maximum absolute atomic E-state index is 13.6. The van der Waals surface area contributed by atoms with Gasteiger partial charge in [-0.25, -0.2) is 14.5 Å². The van der Waals surface area contributed by atoms with Gasteiger partial charge in [-0.1, -0.05) is 6.07 Å². The Morgan fingerprint density at radius 3 is 2.57 bits per heavy atom. The zero-order valence-electron chi connectivity index (χ0n) is 18.4. The summed E-state index contributed by atoms with van der Waals surface area (Å²) in [6.45, 7) is 2.03. The molecule has 176 valence electrons. The van der Waals surface area contributed by atoms with Crippen molar-refractivity contribution in [1.29, 1.82) is 0 Å². The Labute approximate surface area is 201 Å². The Morgan fingerprint density at radius 2 is 1.86 bits per heavy atom. The number of anilines is 1. The van der Waals surface area contributed by atoms with E-state index in [-0.39, 0.29) is 17.1 Å². The predicted octanol–water partition coefficient (Wildman–Crippen LogP) is 6.46. The van der Waals surface area contributed by atoms with Gasteiger partial charge >= 0.3 is 6.18 Å². The third-order valence-electron chi connectivity index (χ3n) is 5.96. The molecular formula is C25H18F3N5OS. The number of carbonyl (C=O) groups excluding carboxylic acids is 1. The highest BCUT2D eigenvalue weighted by Crippen LogP contribution is 2.41. The molecule has 10 heteroatoms. The molecule has 0 spiro atoms. The number of hydrogen-bond acceptors (Lipinski definition) is 5. The van der Waals surface area contributed by atoms with Crippen LogP contribution in [0.2, 0.25) is 0 Å². The van der Waals surface area contributed by atoms with Crippen LogP contribution in [0.5, 0.6) is 0 Å². The summed E-state index contributed by atoms with van der Waals surface area (Å²) in [5.74, 6) is -0.581. The summed E-state index contributed by atoms with van der Waals surface area (Å²) in [5.41, 5.74) is 2.81. The average molecular weight is 494 g/mol. The van der Waals surface area contributed by atoms with Gasteiger partial charge in [0.2, 0.25) is 0 Å². The van der Waals surface area contributed by atoms with E-state index in [1.807, 2.05) is 31.2 Å². The van der Waals surface area contributed by atoms with Gasteiger partial charge in [0.1, 0.15) is 16.3 Å². The molecule has 6 rings (SSSR count). The number of hydrogen-bond donors (Lipinski definition) is 1. The molecule has 0 bridgehead atoms. The highest BCUT2D eigenvalue weighted by Gasteiger charge is 2.38. The summed E-state index contributed by atoms with van der Waals surface area (Å²) in [6, 6.07) is 14.3. The topological polar surface area (TPSA) is 72.2 Å². The number of rotatable bonds is 4. The maximum Gasteiger partial charge on any atom is 0.433 e. The molecule has 0 aliphatic heterocycles. The predicted molar refractivity (Wildman–Crippen MR) is 128 cm³/mol. The first kappa shape index (κ1) is 21.7. The first-order chi connectivity index (χ1) is 16.8. The molecule has 1 aliphatic rings. The van der Waals surface area contributed by atoms with E-state index in [2.05, 4.69) is 26.4 Å². The van der Waals surface area contributed by atoms with E-state index in [0.29, 0.717) is 15.9 Å². The van der Waals surface area contributed by atoms with E-state index in [0.717, 1.165) is 45.9 Å². The smallest absolute Gasteiger partial charge is 0.322 e. The minimum Gasteiger partial charge on any atom is -0.322 e. The molecule has 1 saturated carbocycles. The summed E-state index contributed by atoms with van der Waals surface area (Å²) in [4.78, 5) is 22.0. The van der Waals surface area contributed by atoms with E-state index in [9.17, 15) is 18.0 Å². The zero-order chi connectivity index (χ0) is 24.3. The van der Waals surface area contributed by atoms with E-state index >= 15 is 0 Å². The summed E-state index contributed by atoms with van der Waals surface area (Å²) in [7, 11) is 0. The number of fused-ring (bicyclic) bond motifs is 2. The van der Waals surface area contributed by atoms with Crippen molar-refractivity contribution in [2.24, 2.45) is 0 Å². The highest BCUT2D eigenvalue weighted by atomic mass is 32.1. The van der Waals surface area contributed by atoms with Crippen molar-refractivity contribution >= 4 is 38.8 Å². The molecule has 0 saturated heterocycles. The number of nitrogens with one attached hydrogen (secondary N) is 1. The van der Waals surface area contributed by atoms with Gasteiger partial charge in [-0.15, -0.1) is 11.3 Å². The number of aryl methyl sites for hydroxylation is 1. The largest absolute Gasteiger partial charge is 0.433 e. The van der Waals surface area contributed by atoms with Crippen molar-refractivity contribution in [2.75, 3.05) is 5.32 Å². The number of amides is 1. The number of alkyl halides is 3. The van der Waals surface area contributed by atoms with Gasteiger partial charge in [0.15, 0.2) is 5.65 Å². The normalized spacial score (nSPS) is 14.1. The monoisotopic (exact) mass is 493 g/mol. The quantitative estimate of drug-likeness (QED) is 0.312. The molecule has 3 heterocycles. The van der Waals surface area contributed by atoms with E-state index in [1.165, 1.54) is 5.56 Å². The van der Waals surface area contributed by atoms with Gasteiger partial charge in [-0.3, -0.25) is 4.79 Å². The summed E-state index contributed by atoms with van der Waals surface area (Å²) < 4.78 is 42.6. The molecule has 0 unspecified atom stereocenters. The van der Waals surface area contributed by atoms with Crippen molar-refractivity contribution in [3.63, 3.8) is 0 Å². The van der Waals surface area contributed by atoms with Gasteiger partial charge in [0.05, 0.1) is 16.4 Å². The molecule has 0 radical (unpaired) electrons. The molecule has 1 aliphatic carbocycles. The van der Waals surface area contributed by atoms with Crippen molar-refractivity contribution in [3.05, 3.63) is 77.2 Å². The number of benzene rings is 2. The second-order valence-electron chi connectivity index (χ2n) is 8.65. The fourth-order valence-electron chi connectivity index (χ4n) is 3.98. The van der Waals surface area contributed by atoms with Gasteiger partial charge in [0, 0.05) is 22.9 Å². The van der Waals surface area contributed by atoms with Crippen LogP contribution in [0.1, 0.15) is 46.1 Å². The number of thiazole rings is 1. The lowest BCUT2D eigenvalue weighted by Gasteiger charge is -2.11. The van der Waals surface area contributed by atoms with Crippen LogP contribution in [0, 0.1) is 6.92 Å². The molecule has 0 atom stereocenters. The van der Waals surface area contributed by atoms with Crippen LogP contribution in [0.25, 0.3) is 26.4 Å². The second-order valence-corrected chi connectivity index (χ2v) is 9.68. The van der Waals surface area contributed by atoms with E-state index in [1.54, 1.807) is 23.5 Å². The van der Waals surface area contributed by atoms with Crippen LogP contribution in [-0.2, 0) is 6.18 Å². The number of halogens is 3. The lowest BCUT2D eigenvalue weighted by atomic mass is 10.2. The SMILES string of the molecule is Cc1ccc2nc(-c3ccc(NC(=O)c4cnn5c(C(F)(F)F)cc(C6CC6)nc45)cc3)sc2c1. The maximum atomic E-state index is 13.6. The summed E-state index contributed by atoms with van der Waals surface area (Å²) >= 11 is 1.59. The van der Waals surface area contributed by atoms with Crippen molar-refractivity contribution in [1.82, 2.24) is 19.6 Å². The van der Waals surface area contributed by atoms with Crippen LogP contribution < -0.4 is 5.32 Å². The molecular weight excluding hydrogens is 475 g/mol. The molecule has 6 nitrogen and oxygen atoms in total. The lowest BCUT2D eigenvalue weighted by molar-refractivity contribution is -0.142. The van der Waals surface area contributed by atoms with Gasteiger partial charge < -0.3 is 5.32 Å². The van der Waals surface area contributed by atoms with Crippen molar-refractivity contribution in [2.45, 2.75) is 31.9 Å². The molecule has 1 fully saturated rings. The van der Waals surface area contributed by atoms with E-state index < -0.39 is 17.8 Å². The van der Waals surface area contributed by atoms with Crippen molar-refractivity contribution in [3.8, 4) is 10.6 Å². The van der Waals surface area contributed by atoms with Crippen LogP contribution in [0.4, 0.5) is 18.9 Å². The molecule has 3 aromatic heterocycles. The van der Waals surface area contributed by atoms with Crippen LogP contribution >= 0.6 is 11.3 Å². The average Bonchev–Trinajstić information content (AvgIpc) is 3.44. The Bertz CT molecular complexity index is 1600. The standard InChI is InChI=1S/C25H18F3N5OS/c1-13-2-9-18-20(10-13)35-24(32-18)15-5-7-16(8-6-15)30-23(34)17-12-29-33-21(25(26,27)28)11-19(14-3-4-14)31-22(17)33/h2,5-12,14H,3-4H2,1H3,(H,30,34). The third kappa shape index (κ3) is 4.03. The minimum absolute atomic E-state index is 0.00844. The fraction of sp³-hybridized carbons (Fsp3) is 0.200.